The monoisotopic (exact) mass is 1510 g/mol. The second-order valence-corrected chi connectivity index (χ2v) is 12.1. The Kier molecular flexibility index (Phi) is 60.0. The Bertz CT molecular complexity index is 1380. The average molecular weight is 1510 g/mol. The Morgan fingerprint density at radius 2 is 0.714 bits per heavy atom. The van der Waals surface area contributed by atoms with Crippen LogP contribution in [0.4, 0.5) is 0 Å². The molecule has 0 bridgehead atoms. The zero-order valence-electron chi connectivity index (χ0n) is 25.0. The largest absolute Gasteiger partial charge is 2.00 e. The van der Waals surface area contributed by atoms with Crippen molar-refractivity contribution in [1.82, 2.24) is 19.9 Å². The Balaban J connectivity index is -0.000000119. The summed E-state index contributed by atoms with van der Waals surface area (Å²) in [5.41, 5.74) is 3.34. The summed E-state index contributed by atoms with van der Waals surface area (Å²) in [7, 11) is 9.75. The topological polar surface area (TPSA) is 147 Å². The van der Waals surface area contributed by atoms with Crippen molar-refractivity contribution in [2.45, 2.75) is 0 Å². The van der Waals surface area contributed by atoms with Gasteiger partial charge in [-0.3, -0.25) is 19.9 Å². The molecule has 4 aromatic heterocycles. The van der Waals surface area contributed by atoms with E-state index in [2.05, 4.69) is 108 Å². The van der Waals surface area contributed by atoms with E-state index < -0.39 is 16.5 Å². The fraction of sp³-hybridized carbons (Fsp3) is 0. The van der Waals surface area contributed by atoms with Crippen molar-refractivity contribution < 1.29 is 140 Å². The van der Waals surface area contributed by atoms with Crippen molar-refractivity contribution in [2.24, 2.45) is 0 Å². The summed E-state index contributed by atoms with van der Waals surface area (Å²) in [5.74, 6) is 0. The second kappa shape index (κ2) is 46.5. The average Bonchev–Trinajstić information content (AvgIpc) is 3.09. The van der Waals surface area contributed by atoms with Crippen molar-refractivity contribution in [1.29, 1.82) is 21.0 Å². The van der Waals surface area contributed by atoms with E-state index in [4.69, 9.17) is 39.9 Å². The van der Waals surface area contributed by atoms with E-state index in [1.54, 1.807) is 49.1 Å². The predicted octanol–water partition coefficient (Wildman–Crippen LogP) is 2.74. The maximum absolute atomic E-state index is 8.03. The van der Waals surface area contributed by atoms with Gasteiger partial charge in [-0.15, -0.1) is 24.0 Å². The molecule has 0 amide bonds. The first-order chi connectivity index (χ1) is 21.8. The fourth-order valence-electron chi connectivity index (χ4n) is 2.29. The maximum Gasteiger partial charge on any atom is 2.00 e. The van der Waals surface area contributed by atoms with Crippen LogP contribution in [0.3, 0.4) is 0 Å². The molecule has 0 saturated carbocycles. The zero-order chi connectivity index (χ0) is 34.3. The Morgan fingerprint density at radius 1 is 0.531 bits per heavy atom. The summed E-state index contributed by atoms with van der Waals surface area (Å²) in [6, 6.07) is 29.4. The third-order valence-corrected chi connectivity index (χ3v) is 4.86. The number of pyridine rings is 4. The Morgan fingerprint density at radius 3 is 0.796 bits per heavy atom. The van der Waals surface area contributed by atoms with Crippen LogP contribution < -0.4 is 103 Å². The molecule has 0 radical (unpaired) electrons. The van der Waals surface area contributed by atoms with E-state index in [-0.39, 0.29) is 167 Å². The van der Waals surface area contributed by atoms with Gasteiger partial charge in [-0.05, 0) is 48.5 Å². The van der Waals surface area contributed by atoms with Crippen LogP contribution in [0.25, 0.3) is 22.8 Å². The number of nitriles is 4. The van der Waals surface area contributed by atoms with Crippen molar-refractivity contribution >= 4 is 131 Å². The van der Waals surface area contributed by atoms with Crippen LogP contribution in [-0.2, 0) is 88.1 Å². The number of allylic oxidation sites excluding steroid dienone is 2. The van der Waals surface area contributed by atoms with Gasteiger partial charge in [0.25, 0.3) is 0 Å². The molecule has 0 aliphatic rings. The maximum atomic E-state index is 8.03. The molecule has 250 valence electrons. The van der Waals surface area contributed by atoms with Gasteiger partial charge in [-0.1, -0.05) is 24.3 Å². The Labute approximate surface area is 465 Å². The van der Waals surface area contributed by atoms with Gasteiger partial charge < -0.3 is 59.0 Å². The van der Waals surface area contributed by atoms with E-state index in [9.17, 15) is 0 Å². The van der Waals surface area contributed by atoms with Crippen LogP contribution in [0.1, 0.15) is 0 Å². The van der Waals surface area contributed by atoms with Crippen LogP contribution >= 0.6 is 80.0 Å². The molecular formula is C28H17Cl2I3K2N8Pt2S4. The molecule has 0 aliphatic carbocycles. The molecule has 0 unspecified atom stereocenters. The summed E-state index contributed by atoms with van der Waals surface area (Å²) in [4.78, 5) is 16.7. The van der Waals surface area contributed by atoms with Gasteiger partial charge in [-0.2, -0.15) is 21.0 Å². The molecular weight excluding hydrogens is 1500 g/mol. The normalized spacial score (nSPS) is 7.35. The second-order valence-electron chi connectivity index (χ2n) is 6.68. The van der Waals surface area contributed by atoms with Crippen LogP contribution in [0.2, 0.25) is 0 Å². The van der Waals surface area contributed by atoms with Gasteiger partial charge in [0.15, 0.2) is 0 Å². The van der Waals surface area contributed by atoms with Crippen molar-refractivity contribution in [3.05, 3.63) is 117 Å². The van der Waals surface area contributed by atoms with Gasteiger partial charge in [0, 0.05) is 62.0 Å². The third-order valence-electron chi connectivity index (χ3n) is 4.04. The van der Waals surface area contributed by atoms with Crippen molar-refractivity contribution in [2.75, 3.05) is 0 Å². The summed E-state index contributed by atoms with van der Waals surface area (Å²) in [5, 5.41) is 32.1. The van der Waals surface area contributed by atoms with E-state index in [1.807, 2.05) is 72.8 Å². The molecule has 0 aliphatic heterocycles. The van der Waals surface area contributed by atoms with Gasteiger partial charge in [-0.25, -0.2) is 0 Å². The molecule has 4 aromatic rings. The number of halogens is 5. The van der Waals surface area contributed by atoms with Crippen LogP contribution in [0, 0.1) is 45.3 Å². The first-order valence-corrected chi connectivity index (χ1v) is 24.7. The van der Waals surface area contributed by atoms with Crippen molar-refractivity contribution in [3.63, 3.8) is 0 Å². The molecule has 0 spiro atoms. The Hall–Kier alpha value is 2.34. The molecule has 0 saturated heterocycles. The minimum atomic E-state index is -0.472. The summed E-state index contributed by atoms with van der Waals surface area (Å²) < 4.78 is -0.120. The molecule has 0 atom stereocenters. The zero-order valence-corrected chi connectivity index (χ0v) is 47.2. The van der Waals surface area contributed by atoms with Crippen LogP contribution in [-0.4, -0.2) is 19.9 Å². The van der Waals surface area contributed by atoms with Gasteiger partial charge in [0.2, 0.25) is 0 Å². The number of aromatic nitrogens is 4. The SMILES string of the molecule is I.II.N#CC(C#N)=C([S-])[S-].N#CC(C#N)=C([S-])[S-].[Cl][Pt][Cl].[K+].[K+].[Pt+2].c1ccc(-c2ccccn2)nc1.c1ccc(-c2ccccn2)nc1. The number of nitrogens with zero attached hydrogens (tertiary/aromatic N) is 8. The molecule has 4 heterocycles. The molecule has 49 heavy (non-hydrogen) atoms. The van der Waals surface area contributed by atoms with Crippen molar-refractivity contribution in [3.8, 4) is 47.1 Å². The first kappa shape index (κ1) is 63.3. The molecule has 0 aromatic carbocycles. The molecule has 21 heteroatoms. The van der Waals surface area contributed by atoms with Gasteiger partial charge in [0.05, 0.1) is 33.9 Å². The molecule has 8 nitrogen and oxygen atoms in total. The third kappa shape index (κ3) is 34.6. The van der Waals surface area contributed by atoms with Gasteiger partial charge >= 0.3 is 159 Å². The summed E-state index contributed by atoms with van der Waals surface area (Å²) in [6.07, 6.45) is 7.07. The number of hydrogen-bond acceptors (Lipinski definition) is 12. The quantitative estimate of drug-likeness (QED) is 0.126. The summed E-state index contributed by atoms with van der Waals surface area (Å²) in [6.45, 7) is 0. The molecule has 0 N–H and O–H groups in total. The number of hydrogen-bond donors (Lipinski definition) is 0. The first-order valence-electron chi connectivity index (χ1n) is 11.2. The van der Waals surface area contributed by atoms with E-state index in [0.29, 0.717) is 0 Å². The van der Waals surface area contributed by atoms with E-state index >= 15 is 0 Å². The van der Waals surface area contributed by atoms with E-state index in [1.165, 1.54) is 0 Å². The summed E-state index contributed by atoms with van der Waals surface area (Å²) >= 11 is 21.2. The minimum Gasteiger partial charge on any atom is -0.255 e. The number of rotatable bonds is 2. The minimum absolute atomic E-state index is 0. The predicted molar refractivity (Wildman–Crippen MR) is 216 cm³/mol. The van der Waals surface area contributed by atoms with Gasteiger partial charge in [0.1, 0.15) is 24.3 Å². The smallest absolute Gasteiger partial charge is 0.255 e. The molecule has 0 fully saturated rings. The standard InChI is InChI=1S/2C10H8N2.2C4H2N2S2.2ClH.I2.HI.2K.2Pt/c2*1-3-7-11-9(5-1)10-6-2-4-8-12-10;2*5-1-3(2-6)4(7)8;;;1-2;;;;;/h2*1-8H;2*7-8H;2*1H;;1H;;;;/q;;;;;;;;2*+1;2*+2/p-6. The van der Waals surface area contributed by atoms with Crippen LogP contribution in [0.15, 0.2) is 117 Å². The molecule has 4 rings (SSSR count). The fourth-order valence-corrected chi connectivity index (χ4v) is 2.65. The van der Waals surface area contributed by atoms with E-state index in [0.717, 1.165) is 22.8 Å². The van der Waals surface area contributed by atoms with Crippen LogP contribution in [0.5, 0.6) is 0 Å².